The minimum absolute atomic E-state index is 0.0400. The Morgan fingerprint density at radius 3 is 2.55 bits per heavy atom. The van der Waals surface area contributed by atoms with E-state index in [1.54, 1.807) is 7.05 Å². The van der Waals surface area contributed by atoms with Crippen LogP contribution in [0.4, 0.5) is 0 Å². The van der Waals surface area contributed by atoms with Crippen LogP contribution >= 0.6 is 11.6 Å². The maximum atomic E-state index is 12.7. The monoisotopic (exact) mass is 564 g/mol. The summed E-state index contributed by atoms with van der Waals surface area (Å²) in [6, 6.07) is 15.4. The molecule has 1 amide bonds. The number of aromatic amines is 1. The number of aromatic nitrogens is 6. The van der Waals surface area contributed by atoms with Crippen molar-refractivity contribution in [2.75, 3.05) is 7.05 Å². The molecular formula is C28H33ClN8O3. The van der Waals surface area contributed by atoms with Gasteiger partial charge in [0.1, 0.15) is 18.5 Å². The Bertz CT molecular complexity index is 1420. The molecule has 4 aromatic rings. The molecule has 40 heavy (non-hydrogen) atoms. The zero-order chi connectivity index (χ0) is 28.5. The molecule has 2 aromatic heterocycles. The van der Waals surface area contributed by atoms with Gasteiger partial charge in [-0.2, -0.15) is 5.21 Å². The molecule has 12 heteroatoms. The number of hydrogen-bond donors (Lipinski definition) is 3. The number of tetrazole rings is 1. The molecular weight excluding hydrogens is 532 g/mol. The van der Waals surface area contributed by atoms with Gasteiger partial charge < -0.3 is 20.4 Å². The maximum absolute atomic E-state index is 12.7. The summed E-state index contributed by atoms with van der Waals surface area (Å²) >= 11 is 6.55. The van der Waals surface area contributed by atoms with Crippen LogP contribution in [0.25, 0.3) is 22.5 Å². The lowest BCUT2D eigenvalue weighted by Crippen LogP contribution is -2.36. The van der Waals surface area contributed by atoms with E-state index in [-0.39, 0.29) is 19.4 Å². The first-order valence-corrected chi connectivity index (χ1v) is 13.6. The van der Waals surface area contributed by atoms with E-state index in [2.05, 4.69) is 62.1 Å². The molecule has 0 saturated heterocycles. The maximum Gasteiger partial charge on any atom is 0.323 e. The molecule has 2 aromatic carbocycles. The number of carbonyl (C=O) groups excluding carboxylic acids is 2. The summed E-state index contributed by atoms with van der Waals surface area (Å²) in [7, 11) is 1.64. The highest BCUT2D eigenvalue weighted by Gasteiger charge is 2.22. The quantitative estimate of drug-likeness (QED) is 0.196. The molecule has 0 radical (unpaired) electrons. The summed E-state index contributed by atoms with van der Waals surface area (Å²) in [5, 5.41) is 17.6. The number of nitrogens with one attached hydrogen (secondary N) is 2. The Hall–Kier alpha value is -4.09. The summed E-state index contributed by atoms with van der Waals surface area (Å²) in [6.45, 7) is 2.59. The topological polar surface area (TPSA) is 154 Å². The van der Waals surface area contributed by atoms with Crippen LogP contribution in [0.2, 0.25) is 5.15 Å². The van der Waals surface area contributed by atoms with E-state index in [0.29, 0.717) is 23.2 Å². The van der Waals surface area contributed by atoms with Gasteiger partial charge in [0, 0.05) is 24.9 Å². The first kappa shape index (κ1) is 28.9. The third kappa shape index (κ3) is 7.10. The van der Waals surface area contributed by atoms with E-state index in [9.17, 15) is 9.59 Å². The van der Waals surface area contributed by atoms with Gasteiger partial charge in [-0.15, -0.1) is 10.2 Å². The van der Waals surface area contributed by atoms with Crippen molar-refractivity contribution >= 4 is 23.5 Å². The number of rotatable bonds is 14. The molecule has 4 rings (SSSR count). The van der Waals surface area contributed by atoms with Gasteiger partial charge in [0.25, 0.3) is 0 Å². The average Bonchev–Trinajstić information content (AvgIpc) is 3.59. The van der Waals surface area contributed by atoms with Gasteiger partial charge in [0.15, 0.2) is 5.15 Å². The average molecular weight is 565 g/mol. The van der Waals surface area contributed by atoms with E-state index >= 15 is 0 Å². The summed E-state index contributed by atoms with van der Waals surface area (Å²) < 4.78 is 7.62. The van der Waals surface area contributed by atoms with Crippen molar-refractivity contribution in [1.82, 2.24) is 35.5 Å². The third-order valence-corrected chi connectivity index (χ3v) is 6.94. The zero-order valence-electron chi connectivity index (χ0n) is 22.6. The van der Waals surface area contributed by atoms with E-state index < -0.39 is 17.9 Å². The molecule has 0 spiro atoms. The molecule has 0 aliphatic heterocycles. The first-order valence-electron chi connectivity index (χ1n) is 13.2. The van der Waals surface area contributed by atoms with E-state index in [4.69, 9.17) is 22.1 Å². The molecule has 1 unspecified atom stereocenters. The van der Waals surface area contributed by atoms with Crippen LogP contribution in [0.15, 0.2) is 48.5 Å². The highest BCUT2D eigenvalue weighted by Crippen LogP contribution is 2.30. The third-order valence-electron chi connectivity index (χ3n) is 6.64. The predicted molar refractivity (Wildman–Crippen MR) is 151 cm³/mol. The number of ether oxygens (including phenoxy) is 1. The van der Waals surface area contributed by atoms with Crippen molar-refractivity contribution in [3.05, 3.63) is 70.8 Å². The highest BCUT2D eigenvalue weighted by atomic mass is 35.5. The standard InChI is InChI=1S/C28H33ClN8O3/c1-3-4-9-25-32-26(29)23(17-40-28(39)22(31-2)14-15-24(30)38)37(25)16-18-10-12-19(13-11-18)20-7-5-6-8-21(20)27-33-35-36-34-27/h5-8,10-13,22,31H,3-4,9,14-17H2,1-2H3,(H2,30,38)(H,33,34,35,36). The van der Waals surface area contributed by atoms with Gasteiger partial charge in [-0.3, -0.25) is 9.59 Å². The number of halogens is 1. The number of esters is 1. The number of imidazole rings is 1. The molecule has 0 aliphatic rings. The van der Waals surface area contributed by atoms with Crippen LogP contribution in [0.3, 0.4) is 0 Å². The number of likely N-dealkylation sites (N-methyl/N-ethyl adjacent to an activating group) is 1. The minimum Gasteiger partial charge on any atom is -0.458 e. The smallest absolute Gasteiger partial charge is 0.323 e. The Morgan fingerprint density at radius 2 is 1.90 bits per heavy atom. The predicted octanol–water partition coefficient (Wildman–Crippen LogP) is 3.67. The van der Waals surface area contributed by atoms with Gasteiger partial charge in [-0.05, 0) is 41.8 Å². The number of aryl methyl sites for hydroxylation is 1. The van der Waals surface area contributed by atoms with Crippen molar-refractivity contribution in [1.29, 1.82) is 0 Å². The molecule has 210 valence electrons. The Morgan fingerprint density at radius 1 is 1.15 bits per heavy atom. The number of nitrogens with two attached hydrogens (primary N) is 1. The van der Waals surface area contributed by atoms with Gasteiger partial charge >= 0.3 is 5.97 Å². The zero-order valence-corrected chi connectivity index (χ0v) is 23.3. The van der Waals surface area contributed by atoms with Crippen LogP contribution < -0.4 is 11.1 Å². The summed E-state index contributed by atoms with van der Waals surface area (Å²) in [5.74, 6) is 0.414. The first-order chi connectivity index (χ1) is 19.4. The number of amides is 1. The van der Waals surface area contributed by atoms with Crippen LogP contribution in [0, 0.1) is 0 Å². The number of H-pyrrole nitrogens is 1. The lowest BCUT2D eigenvalue weighted by molar-refractivity contribution is -0.147. The van der Waals surface area contributed by atoms with Gasteiger partial charge in [0.05, 0.1) is 5.69 Å². The summed E-state index contributed by atoms with van der Waals surface area (Å²) in [5.41, 5.74) is 9.78. The largest absolute Gasteiger partial charge is 0.458 e. The molecule has 0 bridgehead atoms. The van der Waals surface area contributed by atoms with Gasteiger partial charge in [-0.25, -0.2) is 4.98 Å². The number of nitrogens with zero attached hydrogens (tertiary/aromatic N) is 5. The minimum atomic E-state index is -0.648. The molecule has 2 heterocycles. The summed E-state index contributed by atoms with van der Waals surface area (Å²) in [6.07, 6.45) is 3.04. The Labute approximate surface area is 237 Å². The second-order valence-corrected chi connectivity index (χ2v) is 9.75. The fraction of sp³-hybridized carbons (Fsp3) is 0.357. The van der Waals surface area contributed by atoms with Crippen molar-refractivity contribution in [3.63, 3.8) is 0 Å². The second kappa shape index (κ2) is 13.8. The SMILES string of the molecule is CCCCc1nc(Cl)c(COC(=O)C(CCC(N)=O)NC)n1Cc1ccc(-c2ccccc2-c2nn[nH]n2)cc1. The number of unbranched alkanes of at least 4 members (excludes halogenated alkanes) is 1. The van der Waals surface area contributed by atoms with E-state index in [1.807, 2.05) is 28.8 Å². The van der Waals surface area contributed by atoms with Crippen LogP contribution in [0.1, 0.15) is 49.7 Å². The highest BCUT2D eigenvalue weighted by molar-refractivity contribution is 6.30. The normalized spacial score (nSPS) is 11.9. The number of benzene rings is 2. The van der Waals surface area contributed by atoms with Crippen LogP contribution in [0.5, 0.6) is 0 Å². The molecule has 0 fully saturated rings. The van der Waals surface area contributed by atoms with Crippen LogP contribution in [-0.4, -0.2) is 55.1 Å². The number of carbonyl (C=O) groups is 2. The molecule has 1 atom stereocenters. The molecule has 0 saturated carbocycles. The number of hydrogen-bond acceptors (Lipinski definition) is 8. The lowest BCUT2D eigenvalue weighted by Gasteiger charge is -2.16. The van der Waals surface area contributed by atoms with E-state index in [0.717, 1.165) is 47.3 Å². The van der Waals surface area contributed by atoms with Crippen molar-refractivity contribution in [3.8, 4) is 22.5 Å². The van der Waals surface area contributed by atoms with Crippen molar-refractivity contribution in [2.24, 2.45) is 5.73 Å². The van der Waals surface area contributed by atoms with Crippen LogP contribution in [-0.2, 0) is 33.9 Å². The number of primary amides is 1. The fourth-order valence-corrected chi connectivity index (χ4v) is 4.69. The molecule has 0 aliphatic carbocycles. The Balaban J connectivity index is 1.55. The summed E-state index contributed by atoms with van der Waals surface area (Å²) in [4.78, 5) is 28.4. The second-order valence-electron chi connectivity index (χ2n) is 9.39. The molecule has 11 nitrogen and oxygen atoms in total. The Kier molecular flexibility index (Phi) is 9.98. The molecule has 4 N–H and O–H groups in total. The van der Waals surface area contributed by atoms with Crippen molar-refractivity contribution in [2.45, 2.75) is 58.2 Å². The van der Waals surface area contributed by atoms with Crippen molar-refractivity contribution < 1.29 is 14.3 Å². The fourth-order valence-electron chi connectivity index (χ4n) is 4.44. The van der Waals surface area contributed by atoms with E-state index in [1.165, 1.54) is 0 Å². The van der Waals surface area contributed by atoms with Gasteiger partial charge in [0.2, 0.25) is 11.7 Å². The lowest BCUT2D eigenvalue weighted by atomic mass is 9.98. The van der Waals surface area contributed by atoms with Gasteiger partial charge in [-0.1, -0.05) is 73.5 Å².